The summed E-state index contributed by atoms with van der Waals surface area (Å²) in [5, 5.41) is 16.9. The van der Waals surface area contributed by atoms with Crippen LogP contribution in [0.5, 0.6) is 0 Å². The zero-order chi connectivity index (χ0) is 17.4. The molecular formula is C17H22N4O3. The van der Waals surface area contributed by atoms with E-state index in [0.717, 1.165) is 5.56 Å². The van der Waals surface area contributed by atoms with Crippen LogP contribution in [0.25, 0.3) is 0 Å². The van der Waals surface area contributed by atoms with Crippen LogP contribution in [0, 0.1) is 19.8 Å². The maximum Gasteiger partial charge on any atom is 0.253 e. The third kappa shape index (κ3) is 3.12. The van der Waals surface area contributed by atoms with Gasteiger partial charge in [0.25, 0.3) is 5.91 Å². The summed E-state index contributed by atoms with van der Waals surface area (Å²) in [6.07, 6.45) is 4.62. The lowest BCUT2D eigenvalue weighted by atomic mass is 9.75. The van der Waals surface area contributed by atoms with E-state index in [9.17, 15) is 14.7 Å². The van der Waals surface area contributed by atoms with Crippen molar-refractivity contribution in [1.29, 1.82) is 0 Å². The topological polar surface area (TPSA) is 100 Å². The molecule has 1 atom stereocenters. The van der Waals surface area contributed by atoms with E-state index in [0.29, 0.717) is 29.7 Å². The lowest BCUT2D eigenvalue weighted by molar-refractivity contribution is 0.0235. The van der Waals surface area contributed by atoms with Gasteiger partial charge in [0.15, 0.2) is 0 Å². The van der Waals surface area contributed by atoms with Crippen molar-refractivity contribution >= 4 is 5.91 Å². The minimum absolute atomic E-state index is 0.177. The summed E-state index contributed by atoms with van der Waals surface area (Å²) in [6, 6.07) is 1.22. The number of nitrogens with one attached hydrogen (secondary N) is 2. The fraction of sp³-hybridized carbons (Fsp3) is 0.471. The van der Waals surface area contributed by atoms with Crippen molar-refractivity contribution in [2.75, 3.05) is 0 Å². The number of aliphatic hydroxyl groups is 1. The molecule has 1 aliphatic rings. The predicted molar refractivity (Wildman–Crippen MR) is 88.7 cm³/mol. The Bertz CT molecular complexity index is 791. The summed E-state index contributed by atoms with van der Waals surface area (Å²) in [7, 11) is 1.83. The van der Waals surface area contributed by atoms with E-state index >= 15 is 0 Å². The standard InChI is InChI=1S/C17H22N4O3/c1-9-4-14(23)19-10(2)15(9)17(24)20-16(11-5-13(22)6-11)12-7-18-21(3)8-12/h4,7-8,11,13,16,22H,5-6H2,1-3H3,(H,19,23)(H,20,24)/t11?,13?,16-/m1/s1. The van der Waals surface area contributed by atoms with Crippen molar-refractivity contribution in [2.24, 2.45) is 13.0 Å². The molecule has 0 spiro atoms. The molecule has 0 unspecified atom stereocenters. The molecule has 1 saturated carbocycles. The molecule has 1 aliphatic carbocycles. The van der Waals surface area contributed by atoms with Gasteiger partial charge in [-0.3, -0.25) is 14.3 Å². The lowest BCUT2D eigenvalue weighted by Crippen LogP contribution is -2.41. The van der Waals surface area contributed by atoms with Crippen LogP contribution in [-0.4, -0.2) is 31.9 Å². The van der Waals surface area contributed by atoms with E-state index < -0.39 is 0 Å². The second kappa shape index (κ2) is 6.24. The summed E-state index contributed by atoms with van der Waals surface area (Å²) in [4.78, 5) is 27.0. The fourth-order valence-electron chi connectivity index (χ4n) is 3.39. The summed E-state index contributed by atoms with van der Waals surface area (Å²) < 4.78 is 1.69. The molecular weight excluding hydrogens is 308 g/mol. The average Bonchev–Trinajstić information content (AvgIpc) is 2.87. The zero-order valence-corrected chi connectivity index (χ0v) is 14.0. The number of H-pyrrole nitrogens is 1. The quantitative estimate of drug-likeness (QED) is 0.777. The molecule has 0 radical (unpaired) electrons. The van der Waals surface area contributed by atoms with Gasteiger partial charge in [0.2, 0.25) is 5.56 Å². The minimum Gasteiger partial charge on any atom is -0.393 e. The van der Waals surface area contributed by atoms with Gasteiger partial charge in [-0.05, 0) is 38.2 Å². The number of hydrogen-bond donors (Lipinski definition) is 3. The Hall–Kier alpha value is -2.41. The van der Waals surface area contributed by atoms with Gasteiger partial charge in [-0.25, -0.2) is 0 Å². The Labute approximate surface area is 139 Å². The fourth-order valence-corrected chi connectivity index (χ4v) is 3.39. The first kappa shape index (κ1) is 16.4. The van der Waals surface area contributed by atoms with Crippen LogP contribution >= 0.6 is 0 Å². The molecule has 2 aromatic rings. The molecule has 2 heterocycles. The Morgan fingerprint density at radius 2 is 2.17 bits per heavy atom. The molecule has 1 fully saturated rings. The van der Waals surface area contributed by atoms with Gasteiger partial charge in [-0.2, -0.15) is 5.10 Å². The minimum atomic E-state index is -0.303. The number of aryl methyl sites for hydroxylation is 3. The zero-order valence-electron chi connectivity index (χ0n) is 14.0. The van der Waals surface area contributed by atoms with Crippen LogP contribution in [0.2, 0.25) is 0 Å². The number of amides is 1. The normalized spacial score (nSPS) is 21.2. The van der Waals surface area contributed by atoms with Crippen LogP contribution in [-0.2, 0) is 7.05 Å². The van der Waals surface area contributed by atoms with Crippen LogP contribution < -0.4 is 10.9 Å². The predicted octanol–water partition coefficient (Wildman–Crippen LogP) is 0.967. The smallest absolute Gasteiger partial charge is 0.253 e. The van der Waals surface area contributed by atoms with E-state index in [2.05, 4.69) is 15.4 Å². The van der Waals surface area contributed by atoms with Crippen LogP contribution in [0.1, 0.15) is 46.1 Å². The molecule has 7 heteroatoms. The second-order valence-corrected chi connectivity index (χ2v) is 6.60. The molecule has 2 aromatic heterocycles. The highest BCUT2D eigenvalue weighted by Crippen LogP contribution is 2.38. The first-order chi connectivity index (χ1) is 11.3. The Morgan fingerprint density at radius 3 is 2.71 bits per heavy atom. The van der Waals surface area contributed by atoms with Crippen molar-refractivity contribution in [3.8, 4) is 0 Å². The van der Waals surface area contributed by atoms with E-state index in [1.54, 1.807) is 24.7 Å². The van der Waals surface area contributed by atoms with Crippen molar-refractivity contribution < 1.29 is 9.90 Å². The van der Waals surface area contributed by atoms with Crippen LogP contribution in [0.15, 0.2) is 23.3 Å². The Kier molecular flexibility index (Phi) is 4.28. The van der Waals surface area contributed by atoms with Crippen molar-refractivity contribution in [1.82, 2.24) is 20.1 Å². The van der Waals surface area contributed by atoms with Gasteiger partial charge in [0.05, 0.1) is 23.9 Å². The second-order valence-electron chi connectivity index (χ2n) is 6.60. The first-order valence-corrected chi connectivity index (χ1v) is 8.03. The largest absolute Gasteiger partial charge is 0.393 e. The van der Waals surface area contributed by atoms with Gasteiger partial charge < -0.3 is 15.4 Å². The van der Waals surface area contributed by atoms with Crippen molar-refractivity contribution in [3.05, 3.63) is 51.2 Å². The first-order valence-electron chi connectivity index (χ1n) is 8.03. The average molecular weight is 330 g/mol. The number of rotatable bonds is 4. The molecule has 3 N–H and O–H groups in total. The molecule has 0 aliphatic heterocycles. The summed E-state index contributed by atoms with van der Waals surface area (Å²) in [6.45, 7) is 3.47. The third-order valence-corrected chi connectivity index (χ3v) is 4.65. The van der Waals surface area contributed by atoms with E-state index in [4.69, 9.17) is 0 Å². The maximum atomic E-state index is 12.8. The molecule has 7 nitrogen and oxygen atoms in total. The molecule has 3 rings (SSSR count). The highest BCUT2D eigenvalue weighted by Gasteiger charge is 2.36. The molecule has 1 amide bonds. The van der Waals surface area contributed by atoms with Gasteiger partial charge in [0.1, 0.15) is 0 Å². The van der Waals surface area contributed by atoms with Crippen LogP contribution in [0.4, 0.5) is 0 Å². The van der Waals surface area contributed by atoms with Gasteiger partial charge in [-0.1, -0.05) is 0 Å². The SMILES string of the molecule is Cc1cc(=O)[nH]c(C)c1C(=O)N[C@@H](c1cnn(C)c1)C1CC(O)C1. The molecule has 0 bridgehead atoms. The van der Waals surface area contributed by atoms with Gasteiger partial charge >= 0.3 is 0 Å². The number of aromatic amines is 1. The summed E-state index contributed by atoms with van der Waals surface area (Å²) >= 11 is 0. The molecule has 24 heavy (non-hydrogen) atoms. The Balaban J connectivity index is 1.87. The molecule has 128 valence electrons. The highest BCUT2D eigenvalue weighted by atomic mass is 16.3. The lowest BCUT2D eigenvalue weighted by Gasteiger charge is -2.37. The molecule has 0 aromatic carbocycles. The number of aliphatic hydroxyl groups excluding tert-OH is 1. The van der Waals surface area contributed by atoms with Gasteiger partial charge in [0, 0.05) is 30.6 Å². The van der Waals surface area contributed by atoms with Crippen molar-refractivity contribution in [2.45, 2.75) is 38.8 Å². The van der Waals surface area contributed by atoms with E-state index in [1.165, 1.54) is 6.07 Å². The van der Waals surface area contributed by atoms with Crippen LogP contribution in [0.3, 0.4) is 0 Å². The number of aromatic nitrogens is 3. The number of carbonyl (C=O) groups is 1. The van der Waals surface area contributed by atoms with E-state index in [-0.39, 0.29) is 29.5 Å². The maximum absolute atomic E-state index is 12.8. The summed E-state index contributed by atoms with van der Waals surface area (Å²) in [5.74, 6) is -0.0481. The number of hydrogen-bond acceptors (Lipinski definition) is 4. The monoisotopic (exact) mass is 330 g/mol. The molecule has 0 saturated heterocycles. The highest BCUT2D eigenvalue weighted by molar-refractivity contribution is 5.96. The number of nitrogens with zero attached hydrogens (tertiary/aromatic N) is 2. The van der Waals surface area contributed by atoms with E-state index in [1.807, 2.05) is 13.2 Å². The third-order valence-electron chi connectivity index (χ3n) is 4.65. The number of pyridine rings is 1. The summed E-state index contributed by atoms with van der Waals surface area (Å²) in [5.41, 5.74) is 2.39. The number of carbonyl (C=O) groups excluding carboxylic acids is 1. The van der Waals surface area contributed by atoms with Crippen molar-refractivity contribution in [3.63, 3.8) is 0 Å². The Morgan fingerprint density at radius 1 is 1.46 bits per heavy atom. The van der Waals surface area contributed by atoms with Gasteiger partial charge in [-0.15, -0.1) is 0 Å².